The summed E-state index contributed by atoms with van der Waals surface area (Å²) in [5.41, 5.74) is 3.47. The Morgan fingerprint density at radius 3 is 2.18 bits per heavy atom. The fourth-order valence-electron chi connectivity index (χ4n) is 5.77. The van der Waals surface area contributed by atoms with E-state index in [4.69, 9.17) is 4.74 Å². The molecule has 2 amide bonds. The first-order chi connectivity index (χ1) is 23.5. The van der Waals surface area contributed by atoms with Gasteiger partial charge in [-0.05, 0) is 53.6 Å². The number of carbonyl (C=O) groups excluding carboxylic acids is 2. The molecule has 3 N–H and O–H groups in total. The number of carbonyl (C=O) groups is 2. The monoisotopic (exact) mass is 684 g/mol. The predicted molar refractivity (Wildman–Crippen MR) is 193 cm³/mol. The molecule has 4 aromatic rings. The number of hydrogen-bond donors (Lipinski definition) is 3. The highest BCUT2D eigenvalue weighted by molar-refractivity contribution is 7.14. The fourth-order valence-corrected chi connectivity index (χ4v) is 6.74. The summed E-state index contributed by atoms with van der Waals surface area (Å²) in [6.45, 7) is 9.62. The molecule has 2 aromatic carbocycles. The highest BCUT2D eigenvalue weighted by atomic mass is 32.1. The van der Waals surface area contributed by atoms with Crippen molar-refractivity contribution in [1.29, 1.82) is 0 Å². The summed E-state index contributed by atoms with van der Waals surface area (Å²) in [5.74, 6) is 0.769. The van der Waals surface area contributed by atoms with E-state index in [0.29, 0.717) is 23.7 Å². The third-order valence-corrected chi connectivity index (χ3v) is 10.4. The van der Waals surface area contributed by atoms with Crippen LogP contribution in [0, 0.1) is 0 Å². The molecule has 0 unspecified atom stereocenters. The zero-order chi connectivity index (χ0) is 35.0. The van der Waals surface area contributed by atoms with Crippen molar-refractivity contribution in [3.8, 4) is 28.3 Å². The molecular weight excluding hydrogens is 637 g/mol. The Bertz CT molecular complexity index is 1660. The number of ether oxygens (including phenoxy) is 1. The minimum atomic E-state index is -1.63. The maximum atomic E-state index is 13.6. The molecule has 0 bridgehead atoms. The minimum absolute atomic E-state index is 0.0972. The molecule has 1 saturated heterocycles. The third kappa shape index (κ3) is 9.53. The minimum Gasteiger partial charge on any atom is -0.494 e. The molecule has 0 aliphatic carbocycles. The van der Waals surface area contributed by atoms with Gasteiger partial charge in [-0.2, -0.15) is 0 Å². The number of aliphatic hydroxyl groups excluding tert-OH is 1. The number of amides is 2. The number of unbranched alkanes of at least 4 members (excludes halogenated alkanes) is 4. The molecule has 0 spiro atoms. The van der Waals surface area contributed by atoms with Gasteiger partial charge >= 0.3 is 0 Å². The van der Waals surface area contributed by atoms with Gasteiger partial charge in [-0.25, -0.2) is 9.97 Å². The first-order valence-electron chi connectivity index (χ1n) is 17.3. The van der Waals surface area contributed by atoms with Gasteiger partial charge in [0, 0.05) is 41.4 Å². The molecule has 0 radical (unpaired) electrons. The Kier molecular flexibility index (Phi) is 12.2. The van der Waals surface area contributed by atoms with Crippen molar-refractivity contribution < 1.29 is 24.5 Å². The van der Waals surface area contributed by atoms with E-state index in [2.05, 4.69) is 43.0 Å². The number of rotatable bonds is 15. The van der Waals surface area contributed by atoms with Crippen LogP contribution in [0.3, 0.4) is 0 Å². The summed E-state index contributed by atoms with van der Waals surface area (Å²) in [6.07, 6.45) is 8.75. The summed E-state index contributed by atoms with van der Waals surface area (Å²) >= 11 is 1.41. The molecule has 1 fully saturated rings. The first-order valence-corrected chi connectivity index (χ1v) is 18.1. The molecule has 2 atom stereocenters. The van der Waals surface area contributed by atoms with Gasteiger partial charge in [-0.15, -0.1) is 11.3 Å². The molecule has 1 aliphatic rings. The Labute approximate surface area is 293 Å². The molecular formula is C39H48N4O5S. The van der Waals surface area contributed by atoms with E-state index in [9.17, 15) is 19.8 Å². The number of aromatic nitrogens is 2. The molecule has 2 aromatic heterocycles. The second kappa shape index (κ2) is 16.5. The second-order valence-electron chi connectivity index (χ2n) is 13.7. The molecule has 10 heteroatoms. The Hall–Kier alpha value is -4.12. The van der Waals surface area contributed by atoms with Gasteiger partial charge in [0.2, 0.25) is 5.91 Å². The summed E-state index contributed by atoms with van der Waals surface area (Å²) in [4.78, 5) is 39.1. The molecule has 3 heterocycles. The molecule has 9 nitrogen and oxygen atoms in total. The summed E-state index contributed by atoms with van der Waals surface area (Å²) in [7, 11) is 0. The van der Waals surface area contributed by atoms with Gasteiger partial charge in [0.1, 0.15) is 11.8 Å². The lowest BCUT2D eigenvalue weighted by Gasteiger charge is -2.43. The van der Waals surface area contributed by atoms with E-state index in [1.54, 1.807) is 18.5 Å². The van der Waals surface area contributed by atoms with Crippen molar-refractivity contribution in [1.82, 2.24) is 20.2 Å². The van der Waals surface area contributed by atoms with E-state index in [0.717, 1.165) is 45.9 Å². The lowest BCUT2D eigenvalue weighted by Crippen LogP contribution is -2.61. The highest BCUT2D eigenvalue weighted by Crippen LogP contribution is 2.30. The normalized spacial score (nSPS) is 15.2. The Morgan fingerprint density at radius 2 is 1.59 bits per heavy atom. The van der Waals surface area contributed by atoms with Gasteiger partial charge < -0.3 is 25.2 Å². The predicted octanol–water partition coefficient (Wildman–Crippen LogP) is 6.77. The van der Waals surface area contributed by atoms with E-state index in [-0.39, 0.29) is 23.7 Å². The van der Waals surface area contributed by atoms with Crippen LogP contribution in [-0.2, 0) is 16.6 Å². The standard InChI is InChI=1S/C39H48N4O5S/c1-5-6-7-8-9-22-48-30-16-14-27(15-17-30)29-24-40-35(41-25-29)28-12-10-26(11-13-28)23-31(37(45)43-21-20-32(43)38(46)47)42-36(44)33-18-19-34(49-33)39(2,3)4/h10-19,24-25,31-32,38,46-47H,5-9,20-23H2,1-4H3,(H,42,44)/t31-,32-/m0/s1. The van der Waals surface area contributed by atoms with Gasteiger partial charge in [0.05, 0.1) is 17.5 Å². The SMILES string of the molecule is CCCCCCCOc1ccc(-c2cnc(-c3ccc(C[C@H](NC(=O)c4ccc(C(C)(C)C)s4)C(=O)N4CC[C@H]4C(O)O)cc3)nc2)cc1. The van der Waals surface area contributed by atoms with Crippen LogP contribution in [-0.4, -0.2) is 68.4 Å². The van der Waals surface area contributed by atoms with Gasteiger partial charge in [-0.3, -0.25) is 9.59 Å². The van der Waals surface area contributed by atoms with Crippen LogP contribution in [0.2, 0.25) is 0 Å². The second-order valence-corrected chi connectivity index (χ2v) is 14.8. The van der Waals surface area contributed by atoms with E-state index >= 15 is 0 Å². The molecule has 5 rings (SSSR count). The van der Waals surface area contributed by atoms with Crippen molar-refractivity contribution in [2.45, 2.75) is 96.4 Å². The molecule has 49 heavy (non-hydrogen) atoms. The summed E-state index contributed by atoms with van der Waals surface area (Å²) < 4.78 is 5.89. The van der Waals surface area contributed by atoms with Gasteiger partial charge in [0.15, 0.2) is 12.1 Å². The smallest absolute Gasteiger partial charge is 0.262 e. The Morgan fingerprint density at radius 1 is 0.918 bits per heavy atom. The number of thiophene rings is 1. The van der Waals surface area contributed by atoms with Crippen LogP contribution in [0.15, 0.2) is 73.1 Å². The van der Waals surface area contributed by atoms with Crippen molar-refractivity contribution in [2.75, 3.05) is 13.2 Å². The average Bonchev–Trinajstić information content (AvgIpc) is 3.58. The van der Waals surface area contributed by atoms with E-state index < -0.39 is 18.4 Å². The van der Waals surface area contributed by atoms with Gasteiger partial charge in [0.25, 0.3) is 5.91 Å². The first kappa shape index (κ1) is 36.2. The molecule has 260 valence electrons. The number of aliphatic hydroxyl groups is 2. The lowest BCUT2D eigenvalue weighted by atomic mass is 9.95. The Balaban J connectivity index is 1.23. The van der Waals surface area contributed by atoms with Crippen LogP contribution in [0.4, 0.5) is 0 Å². The molecule has 0 saturated carbocycles. The number of nitrogens with one attached hydrogen (secondary N) is 1. The average molecular weight is 685 g/mol. The van der Waals surface area contributed by atoms with Crippen LogP contribution in [0.5, 0.6) is 5.75 Å². The highest BCUT2D eigenvalue weighted by Gasteiger charge is 2.40. The quantitative estimate of drug-likeness (QED) is 0.0933. The van der Waals surface area contributed by atoms with Gasteiger partial charge in [-0.1, -0.05) is 89.8 Å². The summed E-state index contributed by atoms with van der Waals surface area (Å²) in [6, 6.07) is 17.8. The third-order valence-electron chi connectivity index (χ3n) is 8.87. The van der Waals surface area contributed by atoms with Crippen LogP contribution in [0.25, 0.3) is 22.5 Å². The zero-order valence-corrected chi connectivity index (χ0v) is 29.7. The summed E-state index contributed by atoms with van der Waals surface area (Å²) in [5, 5.41) is 22.4. The van der Waals surface area contributed by atoms with Crippen molar-refractivity contribution in [2.24, 2.45) is 0 Å². The largest absolute Gasteiger partial charge is 0.494 e. The fraction of sp³-hybridized carbons (Fsp3) is 0.436. The maximum absolute atomic E-state index is 13.6. The number of likely N-dealkylation sites (tertiary alicyclic amines) is 1. The number of nitrogens with zero attached hydrogens (tertiary/aromatic N) is 3. The van der Waals surface area contributed by atoms with E-state index in [1.807, 2.05) is 54.6 Å². The maximum Gasteiger partial charge on any atom is 0.262 e. The van der Waals surface area contributed by atoms with Crippen LogP contribution < -0.4 is 10.1 Å². The molecule has 1 aliphatic heterocycles. The van der Waals surface area contributed by atoms with Crippen molar-refractivity contribution in [3.05, 3.63) is 88.4 Å². The number of hydrogen-bond acceptors (Lipinski definition) is 8. The number of benzene rings is 2. The van der Waals surface area contributed by atoms with Crippen LogP contribution >= 0.6 is 11.3 Å². The lowest BCUT2D eigenvalue weighted by molar-refractivity contribution is -0.164. The van der Waals surface area contributed by atoms with Crippen molar-refractivity contribution >= 4 is 23.2 Å². The van der Waals surface area contributed by atoms with Crippen molar-refractivity contribution in [3.63, 3.8) is 0 Å². The van der Waals surface area contributed by atoms with Crippen LogP contribution in [0.1, 0.15) is 86.3 Å². The zero-order valence-electron chi connectivity index (χ0n) is 28.9. The van der Waals surface area contributed by atoms with E-state index in [1.165, 1.54) is 41.9 Å². The topological polar surface area (TPSA) is 125 Å².